The van der Waals surface area contributed by atoms with Gasteiger partial charge in [-0.15, -0.1) is 0 Å². The molecule has 0 spiro atoms. The van der Waals surface area contributed by atoms with Gasteiger partial charge in [0, 0.05) is 68.2 Å². The highest BCUT2D eigenvalue weighted by atomic mass is 16.2. The number of likely N-dealkylation sites (N-methyl/N-ethyl adjacent to an activating group) is 1. The van der Waals surface area contributed by atoms with E-state index in [1.807, 2.05) is 23.2 Å². The Morgan fingerprint density at radius 2 is 1.88 bits per heavy atom. The third-order valence-electron chi connectivity index (χ3n) is 5.39. The van der Waals surface area contributed by atoms with Gasteiger partial charge in [0.2, 0.25) is 0 Å². The Bertz CT molecular complexity index is 731. The topological polar surface area (TPSA) is 55.5 Å². The molecule has 1 fully saturated rings. The van der Waals surface area contributed by atoms with Crippen molar-refractivity contribution < 1.29 is 4.79 Å². The SMILES string of the molecule is CCN1CCN(c2ccc(C(=O)N3CCc4[nH]ncc4C3)cc2)CC1. The molecule has 1 saturated heterocycles. The molecule has 0 atom stereocenters. The number of carbonyl (C=O) groups excluding carboxylic acids is 1. The monoisotopic (exact) mass is 339 g/mol. The van der Waals surface area contributed by atoms with Crippen molar-refractivity contribution in [3.05, 3.63) is 47.3 Å². The lowest BCUT2D eigenvalue weighted by Gasteiger charge is -2.35. The van der Waals surface area contributed by atoms with Crippen molar-refractivity contribution in [1.29, 1.82) is 0 Å². The number of amides is 1. The van der Waals surface area contributed by atoms with Crippen LogP contribution in [0.5, 0.6) is 0 Å². The number of aromatic amines is 1. The summed E-state index contributed by atoms with van der Waals surface area (Å²) in [5, 5.41) is 7.08. The van der Waals surface area contributed by atoms with Crippen molar-refractivity contribution in [3.8, 4) is 0 Å². The van der Waals surface area contributed by atoms with Gasteiger partial charge in [0.05, 0.1) is 6.20 Å². The maximum atomic E-state index is 12.8. The maximum absolute atomic E-state index is 12.8. The summed E-state index contributed by atoms with van der Waals surface area (Å²) < 4.78 is 0. The van der Waals surface area contributed by atoms with E-state index in [9.17, 15) is 4.79 Å². The van der Waals surface area contributed by atoms with Crippen molar-refractivity contribution in [2.75, 3.05) is 44.2 Å². The van der Waals surface area contributed by atoms with E-state index in [1.54, 1.807) is 0 Å². The zero-order chi connectivity index (χ0) is 17.2. The van der Waals surface area contributed by atoms with Gasteiger partial charge < -0.3 is 14.7 Å². The molecule has 1 amide bonds. The lowest BCUT2D eigenvalue weighted by Crippen LogP contribution is -2.46. The molecule has 1 N–H and O–H groups in total. The van der Waals surface area contributed by atoms with Crippen molar-refractivity contribution >= 4 is 11.6 Å². The highest BCUT2D eigenvalue weighted by Crippen LogP contribution is 2.21. The molecule has 132 valence electrons. The molecule has 1 aromatic carbocycles. The van der Waals surface area contributed by atoms with Gasteiger partial charge in [-0.1, -0.05) is 6.92 Å². The summed E-state index contributed by atoms with van der Waals surface area (Å²) in [4.78, 5) is 19.6. The first kappa shape index (κ1) is 16.1. The largest absolute Gasteiger partial charge is 0.369 e. The summed E-state index contributed by atoms with van der Waals surface area (Å²) >= 11 is 0. The van der Waals surface area contributed by atoms with E-state index < -0.39 is 0 Å². The molecule has 25 heavy (non-hydrogen) atoms. The van der Waals surface area contributed by atoms with Gasteiger partial charge in [0.1, 0.15) is 0 Å². The Labute approximate surface area is 148 Å². The van der Waals surface area contributed by atoms with Crippen LogP contribution < -0.4 is 4.90 Å². The van der Waals surface area contributed by atoms with Crippen LogP contribution in [-0.4, -0.2) is 65.2 Å². The number of nitrogens with one attached hydrogen (secondary N) is 1. The molecule has 0 aliphatic carbocycles. The first-order valence-corrected chi connectivity index (χ1v) is 9.12. The van der Waals surface area contributed by atoms with Crippen LogP contribution in [0.3, 0.4) is 0 Å². The summed E-state index contributed by atoms with van der Waals surface area (Å²) in [5.41, 5.74) is 4.27. The molecular weight excluding hydrogens is 314 g/mol. The summed E-state index contributed by atoms with van der Waals surface area (Å²) in [6.07, 6.45) is 2.68. The lowest BCUT2D eigenvalue weighted by atomic mass is 10.1. The summed E-state index contributed by atoms with van der Waals surface area (Å²) in [5.74, 6) is 0.106. The van der Waals surface area contributed by atoms with E-state index in [1.165, 1.54) is 5.69 Å². The predicted octanol–water partition coefficient (Wildman–Crippen LogP) is 1.75. The van der Waals surface area contributed by atoms with Gasteiger partial charge in [0.15, 0.2) is 0 Å². The van der Waals surface area contributed by atoms with Crippen LogP contribution in [0.25, 0.3) is 0 Å². The van der Waals surface area contributed by atoms with Crippen molar-refractivity contribution in [2.45, 2.75) is 19.9 Å². The lowest BCUT2D eigenvalue weighted by molar-refractivity contribution is 0.0734. The number of piperazine rings is 1. The summed E-state index contributed by atoms with van der Waals surface area (Å²) in [6, 6.07) is 8.10. The molecule has 2 aliphatic rings. The number of benzene rings is 1. The van der Waals surface area contributed by atoms with Gasteiger partial charge in [-0.25, -0.2) is 0 Å². The molecule has 3 heterocycles. The highest BCUT2D eigenvalue weighted by Gasteiger charge is 2.23. The van der Waals surface area contributed by atoms with Gasteiger partial charge >= 0.3 is 0 Å². The van der Waals surface area contributed by atoms with Crippen LogP contribution in [0, 0.1) is 0 Å². The fraction of sp³-hybridized carbons (Fsp3) is 0.474. The number of H-pyrrole nitrogens is 1. The van der Waals surface area contributed by atoms with Gasteiger partial charge in [-0.3, -0.25) is 9.89 Å². The third-order valence-corrected chi connectivity index (χ3v) is 5.39. The van der Waals surface area contributed by atoms with Crippen molar-refractivity contribution in [1.82, 2.24) is 20.0 Å². The fourth-order valence-electron chi connectivity index (χ4n) is 3.72. The van der Waals surface area contributed by atoms with Gasteiger partial charge in [0.25, 0.3) is 5.91 Å². The first-order valence-electron chi connectivity index (χ1n) is 9.12. The van der Waals surface area contributed by atoms with Gasteiger partial charge in [-0.05, 0) is 30.8 Å². The van der Waals surface area contributed by atoms with Crippen molar-refractivity contribution in [3.63, 3.8) is 0 Å². The predicted molar refractivity (Wildman–Crippen MR) is 97.8 cm³/mol. The highest BCUT2D eigenvalue weighted by molar-refractivity contribution is 5.94. The van der Waals surface area contributed by atoms with Gasteiger partial charge in [-0.2, -0.15) is 5.10 Å². The van der Waals surface area contributed by atoms with E-state index in [4.69, 9.17) is 0 Å². The molecule has 0 bridgehead atoms. The van der Waals surface area contributed by atoms with Crippen LogP contribution in [-0.2, 0) is 13.0 Å². The molecule has 0 saturated carbocycles. The van der Waals surface area contributed by atoms with Crippen LogP contribution >= 0.6 is 0 Å². The van der Waals surface area contributed by atoms with E-state index in [-0.39, 0.29) is 5.91 Å². The minimum Gasteiger partial charge on any atom is -0.369 e. The number of fused-ring (bicyclic) bond motifs is 1. The number of hydrogen-bond acceptors (Lipinski definition) is 4. The molecule has 0 radical (unpaired) electrons. The minimum atomic E-state index is 0.106. The smallest absolute Gasteiger partial charge is 0.254 e. The Balaban J connectivity index is 1.41. The van der Waals surface area contributed by atoms with Crippen LogP contribution in [0.1, 0.15) is 28.5 Å². The number of anilines is 1. The molecule has 0 unspecified atom stereocenters. The number of hydrogen-bond donors (Lipinski definition) is 1. The number of nitrogens with zero attached hydrogens (tertiary/aromatic N) is 4. The molecule has 6 nitrogen and oxygen atoms in total. The number of aromatic nitrogens is 2. The number of rotatable bonds is 3. The van der Waals surface area contributed by atoms with E-state index in [2.05, 4.69) is 39.1 Å². The average molecular weight is 339 g/mol. The zero-order valence-corrected chi connectivity index (χ0v) is 14.7. The molecular formula is C19H25N5O. The Morgan fingerprint density at radius 1 is 1.12 bits per heavy atom. The van der Waals surface area contributed by atoms with Crippen LogP contribution in [0.4, 0.5) is 5.69 Å². The molecule has 2 aliphatic heterocycles. The maximum Gasteiger partial charge on any atom is 0.254 e. The second kappa shape index (κ2) is 6.88. The van der Waals surface area contributed by atoms with Crippen LogP contribution in [0.15, 0.2) is 30.5 Å². The Morgan fingerprint density at radius 3 is 2.60 bits per heavy atom. The fourth-order valence-corrected chi connectivity index (χ4v) is 3.72. The quantitative estimate of drug-likeness (QED) is 0.926. The zero-order valence-electron chi connectivity index (χ0n) is 14.7. The van der Waals surface area contributed by atoms with E-state index in [0.717, 1.165) is 62.5 Å². The molecule has 6 heteroatoms. The minimum absolute atomic E-state index is 0.106. The average Bonchev–Trinajstić information content (AvgIpc) is 3.15. The van der Waals surface area contributed by atoms with Crippen molar-refractivity contribution in [2.24, 2.45) is 0 Å². The third kappa shape index (κ3) is 3.26. The Hall–Kier alpha value is -2.34. The first-order chi connectivity index (χ1) is 12.2. The molecule has 2 aromatic rings. The Kier molecular flexibility index (Phi) is 4.44. The molecule has 4 rings (SSSR count). The standard InChI is InChI=1S/C19H25N5O/c1-2-22-9-11-23(12-10-22)17-5-3-15(4-6-17)19(25)24-8-7-18-16(14-24)13-20-21-18/h3-6,13H,2,7-12,14H2,1H3,(H,20,21). The second-order valence-electron chi connectivity index (χ2n) is 6.82. The van der Waals surface area contributed by atoms with Crippen LogP contribution in [0.2, 0.25) is 0 Å². The summed E-state index contributed by atoms with van der Waals surface area (Å²) in [6.45, 7) is 9.04. The molecule has 1 aromatic heterocycles. The van der Waals surface area contributed by atoms with E-state index in [0.29, 0.717) is 6.54 Å². The summed E-state index contributed by atoms with van der Waals surface area (Å²) in [7, 11) is 0. The second-order valence-corrected chi connectivity index (χ2v) is 6.82. The number of carbonyl (C=O) groups is 1. The normalized spacial score (nSPS) is 18.3. The van der Waals surface area contributed by atoms with E-state index >= 15 is 0 Å².